The fourth-order valence-electron chi connectivity index (χ4n) is 1.75. The summed E-state index contributed by atoms with van der Waals surface area (Å²) >= 11 is 0. The van der Waals surface area contributed by atoms with Crippen LogP contribution in [0.25, 0.3) is 10.9 Å². The molecule has 0 amide bonds. The molecule has 0 radical (unpaired) electrons. The van der Waals surface area contributed by atoms with Gasteiger partial charge in [-0.05, 0) is 31.0 Å². The summed E-state index contributed by atoms with van der Waals surface area (Å²) in [4.78, 5) is 0. The first kappa shape index (κ1) is 10.2. The van der Waals surface area contributed by atoms with E-state index in [4.69, 9.17) is 0 Å². The van der Waals surface area contributed by atoms with E-state index >= 15 is 0 Å². The van der Waals surface area contributed by atoms with E-state index < -0.39 is 10.0 Å². The van der Waals surface area contributed by atoms with Crippen LogP contribution >= 0.6 is 0 Å². The van der Waals surface area contributed by atoms with E-state index in [9.17, 15) is 8.42 Å². The van der Waals surface area contributed by atoms with E-state index in [1.807, 2.05) is 32.0 Å². The van der Waals surface area contributed by atoms with Gasteiger partial charge in [0.2, 0.25) is 10.0 Å². The maximum atomic E-state index is 11.5. The van der Waals surface area contributed by atoms with Crippen molar-refractivity contribution in [2.75, 3.05) is 6.26 Å². The molecule has 0 bridgehead atoms. The SMILES string of the molecule is Cc1ccc2c(C)cn(S(C)(=O)=O)c2c1. The number of hydrogen-bond donors (Lipinski definition) is 0. The third-order valence-electron chi connectivity index (χ3n) is 2.48. The van der Waals surface area contributed by atoms with Crippen molar-refractivity contribution < 1.29 is 8.42 Å². The van der Waals surface area contributed by atoms with Crippen molar-refractivity contribution in [3.63, 3.8) is 0 Å². The van der Waals surface area contributed by atoms with E-state index in [0.717, 1.165) is 22.0 Å². The molecule has 15 heavy (non-hydrogen) atoms. The van der Waals surface area contributed by atoms with Gasteiger partial charge >= 0.3 is 0 Å². The number of hydrogen-bond acceptors (Lipinski definition) is 2. The predicted octanol–water partition coefficient (Wildman–Crippen LogP) is 2.07. The first-order valence-electron chi connectivity index (χ1n) is 4.68. The number of benzene rings is 1. The second-order valence-corrected chi connectivity index (χ2v) is 5.75. The lowest BCUT2D eigenvalue weighted by molar-refractivity contribution is 0.595. The molecule has 3 nitrogen and oxygen atoms in total. The minimum atomic E-state index is -3.21. The lowest BCUT2D eigenvalue weighted by Gasteiger charge is -2.01. The summed E-state index contributed by atoms with van der Waals surface area (Å²) < 4.78 is 24.4. The highest BCUT2D eigenvalue weighted by Gasteiger charge is 2.12. The molecule has 1 heterocycles. The molecule has 0 unspecified atom stereocenters. The van der Waals surface area contributed by atoms with Gasteiger partial charge in [0, 0.05) is 11.6 Å². The molecule has 0 aliphatic carbocycles. The van der Waals surface area contributed by atoms with Crippen LogP contribution in [0.2, 0.25) is 0 Å². The van der Waals surface area contributed by atoms with Crippen molar-refractivity contribution in [1.82, 2.24) is 3.97 Å². The average Bonchev–Trinajstić information content (AvgIpc) is 2.42. The van der Waals surface area contributed by atoms with Gasteiger partial charge in [0.15, 0.2) is 0 Å². The van der Waals surface area contributed by atoms with Crippen LogP contribution < -0.4 is 0 Å². The van der Waals surface area contributed by atoms with Gasteiger partial charge < -0.3 is 0 Å². The topological polar surface area (TPSA) is 39.1 Å². The number of rotatable bonds is 1. The molecule has 2 aromatic rings. The molecule has 0 saturated heterocycles. The number of aromatic nitrogens is 1. The molecular weight excluding hydrogens is 210 g/mol. The highest BCUT2D eigenvalue weighted by Crippen LogP contribution is 2.22. The zero-order valence-electron chi connectivity index (χ0n) is 8.98. The van der Waals surface area contributed by atoms with Crippen molar-refractivity contribution >= 4 is 20.9 Å². The van der Waals surface area contributed by atoms with Crippen LogP contribution in [0, 0.1) is 13.8 Å². The number of nitrogens with zero attached hydrogens (tertiary/aromatic N) is 1. The minimum Gasteiger partial charge on any atom is -0.245 e. The first-order chi connectivity index (χ1) is 6.89. The molecule has 0 fully saturated rings. The van der Waals surface area contributed by atoms with E-state index in [0.29, 0.717) is 0 Å². The van der Waals surface area contributed by atoms with Crippen molar-refractivity contribution in [3.05, 3.63) is 35.5 Å². The van der Waals surface area contributed by atoms with E-state index in [1.54, 1.807) is 6.20 Å². The second kappa shape index (κ2) is 3.10. The van der Waals surface area contributed by atoms with E-state index in [2.05, 4.69) is 0 Å². The average molecular weight is 223 g/mol. The molecule has 0 atom stereocenters. The highest BCUT2D eigenvalue weighted by molar-refractivity contribution is 7.89. The Bertz CT molecular complexity index is 623. The maximum Gasteiger partial charge on any atom is 0.236 e. The molecule has 1 aromatic heterocycles. The smallest absolute Gasteiger partial charge is 0.236 e. The number of aryl methyl sites for hydroxylation is 2. The van der Waals surface area contributed by atoms with Crippen LogP contribution in [0.4, 0.5) is 0 Å². The molecule has 0 spiro atoms. The molecule has 2 rings (SSSR count). The van der Waals surface area contributed by atoms with Gasteiger partial charge in [-0.25, -0.2) is 12.4 Å². The van der Waals surface area contributed by atoms with Crippen molar-refractivity contribution in [1.29, 1.82) is 0 Å². The Hall–Kier alpha value is -1.29. The Balaban J connectivity index is 2.94. The van der Waals surface area contributed by atoms with Gasteiger partial charge in [0.05, 0.1) is 11.8 Å². The Kier molecular flexibility index (Phi) is 2.12. The fraction of sp³-hybridized carbons (Fsp3) is 0.273. The van der Waals surface area contributed by atoms with Crippen molar-refractivity contribution in [3.8, 4) is 0 Å². The van der Waals surface area contributed by atoms with Gasteiger partial charge in [-0.2, -0.15) is 0 Å². The van der Waals surface area contributed by atoms with Crippen LogP contribution in [-0.4, -0.2) is 18.6 Å². The van der Waals surface area contributed by atoms with E-state index in [-0.39, 0.29) is 0 Å². The summed E-state index contributed by atoms with van der Waals surface area (Å²) in [6.45, 7) is 3.87. The standard InChI is InChI=1S/C11H13NO2S/c1-8-4-5-10-9(2)7-12(11(10)6-8)15(3,13)14/h4-7H,1-3H3. The van der Waals surface area contributed by atoms with Gasteiger partial charge in [-0.3, -0.25) is 0 Å². The largest absolute Gasteiger partial charge is 0.245 e. The Morgan fingerprint density at radius 1 is 1.20 bits per heavy atom. The van der Waals surface area contributed by atoms with Crippen LogP contribution in [0.1, 0.15) is 11.1 Å². The van der Waals surface area contributed by atoms with Gasteiger partial charge in [0.1, 0.15) is 0 Å². The van der Waals surface area contributed by atoms with Crippen LogP contribution in [0.15, 0.2) is 24.4 Å². The zero-order valence-corrected chi connectivity index (χ0v) is 9.80. The maximum absolute atomic E-state index is 11.5. The second-order valence-electron chi connectivity index (χ2n) is 3.89. The summed E-state index contributed by atoms with van der Waals surface area (Å²) in [6, 6.07) is 5.84. The van der Waals surface area contributed by atoms with Crippen LogP contribution in [0.3, 0.4) is 0 Å². The lowest BCUT2D eigenvalue weighted by atomic mass is 10.1. The number of fused-ring (bicyclic) bond motifs is 1. The van der Waals surface area contributed by atoms with Crippen LogP contribution in [-0.2, 0) is 10.0 Å². The van der Waals surface area contributed by atoms with Gasteiger partial charge in [0.25, 0.3) is 0 Å². The monoisotopic (exact) mass is 223 g/mol. The summed E-state index contributed by atoms with van der Waals surface area (Å²) in [5, 5.41) is 0.992. The summed E-state index contributed by atoms with van der Waals surface area (Å²) in [6.07, 6.45) is 2.88. The Morgan fingerprint density at radius 3 is 2.47 bits per heavy atom. The molecule has 80 valence electrons. The van der Waals surface area contributed by atoms with Crippen molar-refractivity contribution in [2.24, 2.45) is 0 Å². The predicted molar refractivity (Wildman–Crippen MR) is 61.7 cm³/mol. The molecule has 0 aliphatic heterocycles. The summed E-state index contributed by atoms with van der Waals surface area (Å²) in [7, 11) is -3.21. The third-order valence-corrected chi connectivity index (χ3v) is 3.50. The van der Waals surface area contributed by atoms with Crippen molar-refractivity contribution in [2.45, 2.75) is 13.8 Å². The van der Waals surface area contributed by atoms with Crippen LogP contribution in [0.5, 0.6) is 0 Å². The Labute approximate surface area is 89.4 Å². The molecule has 0 N–H and O–H groups in total. The van der Waals surface area contributed by atoms with Gasteiger partial charge in [-0.15, -0.1) is 0 Å². The third kappa shape index (κ3) is 1.65. The molecular formula is C11H13NO2S. The molecule has 0 saturated carbocycles. The lowest BCUT2D eigenvalue weighted by Crippen LogP contribution is -2.08. The molecule has 1 aromatic carbocycles. The summed E-state index contributed by atoms with van der Waals surface area (Å²) in [5.41, 5.74) is 2.80. The fourth-order valence-corrected chi connectivity index (χ4v) is 2.60. The quantitative estimate of drug-likeness (QED) is 0.742. The Morgan fingerprint density at radius 2 is 1.87 bits per heavy atom. The highest BCUT2D eigenvalue weighted by atomic mass is 32.2. The van der Waals surface area contributed by atoms with Gasteiger partial charge in [-0.1, -0.05) is 12.1 Å². The first-order valence-corrected chi connectivity index (χ1v) is 6.53. The van der Waals surface area contributed by atoms with E-state index in [1.165, 1.54) is 10.2 Å². The molecule has 0 aliphatic rings. The zero-order chi connectivity index (χ0) is 11.2. The molecule has 4 heteroatoms. The normalized spacial score (nSPS) is 12.2. The minimum absolute atomic E-state index is 0.759. The summed E-state index contributed by atoms with van der Waals surface area (Å²) in [5.74, 6) is 0.